The Hall–Kier alpha value is -2.28. The lowest BCUT2D eigenvalue weighted by Gasteiger charge is -2.10. The predicted molar refractivity (Wildman–Crippen MR) is 73.2 cm³/mol. The first-order chi connectivity index (χ1) is 9.15. The molecule has 7 heteroatoms. The molecule has 0 fully saturated rings. The second-order valence-electron chi connectivity index (χ2n) is 3.58. The Balaban J connectivity index is 2.53. The van der Waals surface area contributed by atoms with Crippen LogP contribution < -0.4 is 5.73 Å². The van der Waals surface area contributed by atoms with Gasteiger partial charge < -0.3 is 10.5 Å². The normalized spacial score (nSPS) is 10.2. The molecule has 0 spiro atoms. The molecule has 2 aromatic rings. The summed E-state index contributed by atoms with van der Waals surface area (Å²) in [6.07, 6.45) is 4.75. The van der Waals surface area contributed by atoms with Crippen LogP contribution in [0.25, 0.3) is 5.82 Å². The molecule has 0 aliphatic heterocycles. The van der Waals surface area contributed by atoms with E-state index in [1.54, 1.807) is 36.0 Å². The molecule has 98 valence electrons. The van der Waals surface area contributed by atoms with Gasteiger partial charge in [0.15, 0.2) is 11.6 Å². The summed E-state index contributed by atoms with van der Waals surface area (Å²) < 4.78 is 6.55. The van der Waals surface area contributed by atoms with Gasteiger partial charge in [-0.05, 0) is 19.1 Å². The van der Waals surface area contributed by atoms with Gasteiger partial charge in [-0.15, -0.1) is 0 Å². The van der Waals surface area contributed by atoms with Gasteiger partial charge in [-0.3, -0.25) is 4.57 Å². The third kappa shape index (κ3) is 2.60. The van der Waals surface area contributed by atoms with Crippen LogP contribution in [-0.4, -0.2) is 32.1 Å². The van der Waals surface area contributed by atoms with Crippen molar-refractivity contribution >= 4 is 23.2 Å². The van der Waals surface area contributed by atoms with E-state index < -0.39 is 5.97 Å². The highest BCUT2D eigenvalue weighted by Gasteiger charge is 2.17. The second-order valence-corrected chi connectivity index (χ2v) is 4.02. The Bertz CT molecular complexity index is 624. The van der Waals surface area contributed by atoms with Gasteiger partial charge in [0.1, 0.15) is 10.6 Å². The van der Waals surface area contributed by atoms with Crippen LogP contribution in [0.15, 0.2) is 30.7 Å². The molecule has 0 aromatic carbocycles. The van der Waals surface area contributed by atoms with Crippen LogP contribution in [0.2, 0.25) is 0 Å². The Kier molecular flexibility index (Phi) is 3.86. The summed E-state index contributed by atoms with van der Waals surface area (Å²) in [5.74, 6) is 0.314. The minimum Gasteiger partial charge on any atom is -0.462 e. The van der Waals surface area contributed by atoms with E-state index >= 15 is 0 Å². The Morgan fingerprint density at radius 2 is 2.26 bits per heavy atom. The van der Waals surface area contributed by atoms with E-state index in [0.29, 0.717) is 23.8 Å². The van der Waals surface area contributed by atoms with Crippen LogP contribution in [0, 0.1) is 0 Å². The lowest BCUT2D eigenvalue weighted by atomic mass is 10.2. The van der Waals surface area contributed by atoms with Gasteiger partial charge in [-0.25, -0.2) is 14.8 Å². The quantitative estimate of drug-likeness (QED) is 0.664. The summed E-state index contributed by atoms with van der Waals surface area (Å²) in [4.78, 5) is 20.2. The molecule has 0 saturated heterocycles. The average molecular weight is 276 g/mol. The number of imidazole rings is 1. The lowest BCUT2D eigenvalue weighted by Crippen LogP contribution is -2.18. The Morgan fingerprint density at radius 3 is 2.95 bits per heavy atom. The van der Waals surface area contributed by atoms with Crippen LogP contribution in [0.4, 0.5) is 0 Å². The molecule has 0 amide bonds. The number of thiocarbonyl (C=S) groups is 1. The molecule has 0 aliphatic rings. The summed E-state index contributed by atoms with van der Waals surface area (Å²) >= 11 is 4.91. The van der Waals surface area contributed by atoms with E-state index in [-0.39, 0.29) is 4.99 Å². The maximum Gasteiger partial charge on any atom is 0.341 e. The molecule has 2 aromatic heterocycles. The first-order valence-electron chi connectivity index (χ1n) is 5.60. The van der Waals surface area contributed by atoms with Gasteiger partial charge in [-0.2, -0.15) is 0 Å². The highest BCUT2D eigenvalue weighted by molar-refractivity contribution is 7.80. The lowest BCUT2D eigenvalue weighted by molar-refractivity contribution is 0.0526. The number of rotatable bonds is 4. The first-order valence-corrected chi connectivity index (χ1v) is 6.01. The van der Waals surface area contributed by atoms with Crippen LogP contribution >= 0.6 is 12.2 Å². The molecule has 0 aliphatic carbocycles. The van der Waals surface area contributed by atoms with Crippen LogP contribution in [-0.2, 0) is 4.74 Å². The zero-order valence-electron chi connectivity index (χ0n) is 10.2. The summed E-state index contributed by atoms with van der Waals surface area (Å²) in [5.41, 5.74) is 5.92. The fraction of sp³-hybridized carbons (Fsp3) is 0.167. The summed E-state index contributed by atoms with van der Waals surface area (Å²) in [6, 6.07) is 3.29. The van der Waals surface area contributed by atoms with E-state index in [2.05, 4.69) is 9.97 Å². The second kappa shape index (κ2) is 5.57. The number of hydrogen-bond acceptors (Lipinski definition) is 5. The van der Waals surface area contributed by atoms with Crippen molar-refractivity contribution in [3.8, 4) is 5.82 Å². The van der Waals surface area contributed by atoms with Gasteiger partial charge in [0.25, 0.3) is 0 Å². The molecule has 0 radical (unpaired) electrons. The highest BCUT2D eigenvalue weighted by Crippen LogP contribution is 2.14. The smallest absolute Gasteiger partial charge is 0.341 e. The van der Waals surface area contributed by atoms with Crippen molar-refractivity contribution in [2.75, 3.05) is 6.61 Å². The van der Waals surface area contributed by atoms with Crippen molar-refractivity contribution in [3.63, 3.8) is 0 Å². The molecule has 19 heavy (non-hydrogen) atoms. The van der Waals surface area contributed by atoms with E-state index in [1.807, 2.05) is 0 Å². The topological polar surface area (TPSA) is 83.0 Å². The van der Waals surface area contributed by atoms with Crippen molar-refractivity contribution < 1.29 is 9.53 Å². The standard InChI is InChI=1S/C12H12N4O2S/c1-2-18-12(17)8-4-3-5-14-10(8)16-7-6-15-11(16)9(13)19/h3-7H,2H2,1H3,(H2,13,19). The molecule has 2 N–H and O–H groups in total. The number of pyridine rings is 1. The van der Waals surface area contributed by atoms with Crippen LogP contribution in [0.3, 0.4) is 0 Å². The molecular formula is C12H12N4O2S. The molecule has 0 bridgehead atoms. The number of ether oxygens (including phenoxy) is 1. The zero-order chi connectivity index (χ0) is 13.8. The summed E-state index contributed by atoms with van der Waals surface area (Å²) in [5, 5.41) is 0. The molecular weight excluding hydrogens is 264 g/mol. The largest absolute Gasteiger partial charge is 0.462 e. The van der Waals surface area contributed by atoms with E-state index in [9.17, 15) is 4.79 Å². The fourth-order valence-electron chi connectivity index (χ4n) is 1.61. The van der Waals surface area contributed by atoms with Crippen molar-refractivity contribution in [1.82, 2.24) is 14.5 Å². The van der Waals surface area contributed by atoms with Gasteiger partial charge in [0.05, 0.1) is 6.61 Å². The summed E-state index contributed by atoms with van der Waals surface area (Å²) in [7, 11) is 0. The fourth-order valence-corrected chi connectivity index (χ4v) is 1.76. The number of hydrogen-bond donors (Lipinski definition) is 1. The first kappa shape index (κ1) is 13.2. The van der Waals surface area contributed by atoms with Gasteiger partial charge in [-0.1, -0.05) is 12.2 Å². The number of nitrogens with two attached hydrogens (primary N) is 1. The van der Waals surface area contributed by atoms with E-state index in [4.69, 9.17) is 22.7 Å². The monoisotopic (exact) mass is 276 g/mol. The van der Waals surface area contributed by atoms with Crippen molar-refractivity contribution in [2.24, 2.45) is 5.73 Å². The number of carbonyl (C=O) groups is 1. The molecule has 6 nitrogen and oxygen atoms in total. The third-order valence-electron chi connectivity index (χ3n) is 2.37. The number of nitrogens with zero attached hydrogens (tertiary/aromatic N) is 3. The maximum atomic E-state index is 11.9. The van der Waals surface area contributed by atoms with E-state index in [0.717, 1.165) is 0 Å². The number of esters is 1. The van der Waals surface area contributed by atoms with Crippen LogP contribution in [0.1, 0.15) is 23.1 Å². The van der Waals surface area contributed by atoms with Crippen molar-refractivity contribution in [2.45, 2.75) is 6.92 Å². The zero-order valence-corrected chi connectivity index (χ0v) is 11.1. The minimum absolute atomic E-state index is 0.130. The Labute approximate surface area is 115 Å². The number of aromatic nitrogens is 3. The van der Waals surface area contributed by atoms with Crippen molar-refractivity contribution in [3.05, 3.63) is 42.1 Å². The van der Waals surface area contributed by atoms with Gasteiger partial charge in [0.2, 0.25) is 0 Å². The summed E-state index contributed by atoms with van der Waals surface area (Å²) in [6.45, 7) is 2.03. The molecule has 0 atom stereocenters. The molecule has 2 heterocycles. The van der Waals surface area contributed by atoms with Crippen molar-refractivity contribution in [1.29, 1.82) is 0 Å². The minimum atomic E-state index is -0.451. The van der Waals surface area contributed by atoms with Crippen LogP contribution in [0.5, 0.6) is 0 Å². The molecule has 0 saturated carbocycles. The highest BCUT2D eigenvalue weighted by atomic mass is 32.1. The van der Waals surface area contributed by atoms with E-state index in [1.165, 1.54) is 6.20 Å². The average Bonchev–Trinajstić information content (AvgIpc) is 2.88. The number of carbonyl (C=O) groups excluding carboxylic acids is 1. The Morgan fingerprint density at radius 1 is 1.47 bits per heavy atom. The predicted octanol–water partition coefficient (Wildman–Crippen LogP) is 1.08. The molecule has 0 unspecified atom stereocenters. The third-order valence-corrected chi connectivity index (χ3v) is 2.55. The van der Waals surface area contributed by atoms with Gasteiger partial charge >= 0.3 is 5.97 Å². The maximum absolute atomic E-state index is 11.9. The SMILES string of the molecule is CCOC(=O)c1cccnc1-n1ccnc1C(N)=S. The molecule has 2 rings (SSSR count). The van der Waals surface area contributed by atoms with Gasteiger partial charge in [0, 0.05) is 18.6 Å².